The second-order valence-corrected chi connectivity index (χ2v) is 5.89. The number of thiocarbonyl (C=S) groups is 1. The Morgan fingerprint density at radius 3 is 2.64 bits per heavy atom. The Kier molecular flexibility index (Phi) is 6.55. The van der Waals surface area contributed by atoms with Crippen LogP contribution in [-0.2, 0) is 6.61 Å². The number of aryl methyl sites for hydroxylation is 1. The Hall–Kier alpha value is -2.84. The molecule has 0 aromatic heterocycles. The summed E-state index contributed by atoms with van der Waals surface area (Å²) in [6, 6.07) is 15.6. The molecule has 5 heteroatoms. The van der Waals surface area contributed by atoms with E-state index < -0.39 is 0 Å². The number of rotatable bonds is 7. The fourth-order valence-electron chi connectivity index (χ4n) is 2.29. The van der Waals surface area contributed by atoms with E-state index in [9.17, 15) is 0 Å². The molecule has 2 aromatic rings. The van der Waals surface area contributed by atoms with Gasteiger partial charge >= 0.3 is 0 Å². The molecule has 0 aliphatic rings. The van der Waals surface area contributed by atoms with Gasteiger partial charge in [0.25, 0.3) is 0 Å². The van der Waals surface area contributed by atoms with Crippen LogP contribution in [0.4, 0.5) is 0 Å². The highest BCUT2D eigenvalue weighted by molar-refractivity contribution is 7.80. The number of benzene rings is 2. The fourth-order valence-corrected chi connectivity index (χ4v) is 2.39. The zero-order valence-electron chi connectivity index (χ0n) is 14.3. The molecule has 0 atom stereocenters. The predicted octanol–water partition coefficient (Wildman–Crippen LogP) is 4.17. The summed E-state index contributed by atoms with van der Waals surface area (Å²) in [6.07, 6.45) is 1.63. The standard InChI is InChI=1S/C20H20N2O2S/c1-3-23-19-11-15(10-17(12-21)20(22)25)7-8-18(19)24-13-16-6-4-5-14(2)9-16/h4-11H,3,13H2,1-2H3,(H2,22,25)/b17-10-. The molecular formula is C20H20N2O2S. The van der Waals surface area contributed by atoms with Crippen molar-refractivity contribution in [2.45, 2.75) is 20.5 Å². The van der Waals surface area contributed by atoms with Crippen molar-refractivity contribution in [3.63, 3.8) is 0 Å². The monoisotopic (exact) mass is 352 g/mol. The SMILES string of the molecule is CCOc1cc(/C=C(/C#N)C(N)=S)ccc1OCc1cccc(C)c1. The van der Waals surface area contributed by atoms with Crippen molar-refractivity contribution in [2.24, 2.45) is 5.73 Å². The second-order valence-electron chi connectivity index (χ2n) is 5.45. The number of hydrogen-bond donors (Lipinski definition) is 1. The molecule has 2 rings (SSSR count). The molecule has 0 aliphatic heterocycles. The van der Waals surface area contributed by atoms with Gasteiger partial charge in [-0.1, -0.05) is 48.1 Å². The molecular weight excluding hydrogens is 332 g/mol. The van der Waals surface area contributed by atoms with Crippen molar-refractivity contribution in [1.29, 1.82) is 5.26 Å². The minimum absolute atomic E-state index is 0.0697. The summed E-state index contributed by atoms with van der Waals surface area (Å²) >= 11 is 4.86. The van der Waals surface area contributed by atoms with Crippen molar-refractivity contribution in [3.8, 4) is 17.6 Å². The van der Waals surface area contributed by atoms with E-state index in [1.165, 1.54) is 5.56 Å². The molecule has 4 nitrogen and oxygen atoms in total. The molecule has 0 bridgehead atoms. The lowest BCUT2D eigenvalue weighted by Gasteiger charge is -2.13. The first-order chi connectivity index (χ1) is 12.0. The quantitative estimate of drug-likeness (QED) is 0.460. The third-order valence-corrected chi connectivity index (χ3v) is 3.66. The van der Waals surface area contributed by atoms with Crippen LogP contribution < -0.4 is 15.2 Å². The smallest absolute Gasteiger partial charge is 0.161 e. The molecule has 0 fully saturated rings. The van der Waals surface area contributed by atoms with E-state index in [0.717, 1.165) is 11.1 Å². The number of hydrogen-bond acceptors (Lipinski definition) is 4. The van der Waals surface area contributed by atoms with Crippen molar-refractivity contribution in [1.82, 2.24) is 0 Å². The van der Waals surface area contributed by atoms with Gasteiger partial charge in [-0.15, -0.1) is 0 Å². The van der Waals surface area contributed by atoms with Crippen LogP contribution in [-0.4, -0.2) is 11.6 Å². The molecule has 0 aliphatic carbocycles. The molecule has 0 amide bonds. The van der Waals surface area contributed by atoms with E-state index in [0.29, 0.717) is 24.7 Å². The number of nitrogens with zero attached hydrogens (tertiary/aromatic N) is 1. The van der Waals surface area contributed by atoms with Gasteiger partial charge in [0.2, 0.25) is 0 Å². The molecule has 2 aromatic carbocycles. The molecule has 0 saturated heterocycles. The van der Waals surface area contributed by atoms with E-state index in [-0.39, 0.29) is 10.6 Å². The average Bonchev–Trinajstić information content (AvgIpc) is 2.59. The lowest BCUT2D eigenvalue weighted by Crippen LogP contribution is -2.09. The second kappa shape index (κ2) is 8.86. The Labute approximate surface area is 153 Å². The minimum atomic E-state index is 0.0697. The van der Waals surface area contributed by atoms with Crippen molar-refractivity contribution < 1.29 is 9.47 Å². The first kappa shape index (κ1) is 18.5. The van der Waals surface area contributed by atoms with Gasteiger partial charge in [0, 0.05) is 0 Å². The van der Waals surface area contributed by atoms with Crippen LogP contribution in [0, 0.1) is 18.3 Å². The maximum absolute atomic E-state index is 9.08. The zero-order chi connectivity index (χ0) is 18.2. The lowest BCUT2D eigenvalue weighted by atomic mass is 10.1. The van der Waals surface area contributed by atoms with Gasteiger partial charge in [-0.25, -0.2) is 0 Å². The van der Waals surface area contributed by atoms with Gasteiger partial charge in [-0.3, -0.25) is 0 Å². The summed E-state index contributed by atoms with van der Waals surface area (Å²) in [7, 11) is 0. The first-order valence-corrected chi connectivity index (χ1v) is 8.31. The molecule has 25 heavy (non-hydrogen) atoms. The normalized spacial score (nSPS) is 10.8. The summed E-state index contributed by atoms with van der Waals surface area (Å²) in [5, 5.41) is 9.08. The largest absolute Gasteiger partial charge is 0.490 e. The summed E-state index contributed by atoms with van der Waals surface area (Å²) in [4.78, 5) is 0.0697. The van der Waals surface area contributed by atoms with Gasteiger partial charge in [0.1, 0.15) is 17.7 Å². The Morgan fingerprint density at radius 1 is 1.20 bits per heavy atom. The van der Waals surface area contributed by atoms with Crippen LogP contribution in [0.1, 0.15) is 23.6 Å². The third-order valence-electron chi connectivity index (χ3n) is 3.44. The van der Waals surface area contributed by atoms with Crippen molar-refractivity contribution >= 4 is 23.3 Å². The maximum Gasteiger partial charge on any atom is 0.161 e. The van der Waals surface area contributed by atoms with Crippen molar-refractivity contribution in [2.75, 3.05) is 6.61 Å². The topological polar surface area (TPSA) is 68.3 Å². The molecule has 0 heterocycles. The van der Waals surface area contributed by atoms with Gasteiger partial charge in [0.05, 0.1) is 12.2 Å². The van der Waals surface area contributed by atoms with E-state index in [1.807, 2.05) is 56.3 Å². The number of ether oxygens (including phenoxy) is 2. The molecule has 128 valence electrons. The van der Waals surface area contributed by atoms with E-state index in [1.54, 1.807) is 6.08 Å². The molecule has 0 unspecified atom stereocenters. The number of nitrogens with two attached hydrogens (primary N) is 1. The third kappa shape index (κ3) is 5.33. The minimum Gasteiger partial charge on any atom is -0.490 e. The first-order valence-electron chi connectivity index (χ1n) is 7.90. The highest BCUT2D eigenvalue weighted by Gasteiger charge is 2.08. The lowest BCUT2D eigenvalue weighted by molar-refractivity contribution is 0.269. The zero-order valence-corrected chi connectivity index (χ0v) is 15.1. The van der Waals surface area contributed by atoms with E-state index in [4.69, 9.17) is 32.7 Å². The number of nitriles is 1. The molecule has 0 radical (unpaired) electrons. The van der Waals surface area contributed by atoms with Crippen LogP contribution >= 0.6 is 12.2 Å². The van der Waals surface area contributed by atoms with E-state index in [2.05, 4.69) is 6.07 Å². The highest BCUT2D eigenvalue weighted by atomic mass is 32.1. The van der Waals surface area contributed by atoms with Crippen LogP contribution in [0.5, 0.6) is 11.5 Å². The molecule has 0 spiro atoms. The fraction of sp³-hybridized carbons (Fsp3) is 0.200. The molecule has 2 N–H and O–H groups in total. The van der Waals surface area contributed by atoms with Gasteiger partial charge in [-0.2, -0.15) is 5.26 Å². The van der Waals surface area contributed by atoms with Crippen LogP contribution in [0.3, 0.4) is 0 Å². The van der Waals surface area contributed by atoms with Crippen LogP contribution in [0.15, 0.2) is 48.0 Å². The summed E-state index contributed by atoms with van der Waals surface area (Å²) in [5.41, 5.74) is 8.84. The van der Waals surface area contributed by atoms with Gasteiger partial charge in [0.15, 0.2) is 11.5 Å². The van der Waals surface area contributed by atoms with E-state index >= 15 is 0 Å². The summed E-state index contributed by atoms with van der Waals surface area (Å²) in [6.45, 7) is 4.91. The highest BCUT2D eigenvalue weighted by Crippen LogP contribution is 2.30. The Balaban J connectivity index is 2.24. The average molecular weight is 352 g/mol. The predicted molar refractivity (Wildman–Crippen MR) is 103 cm³/mol. The Morgan fingerprint density at radius 2 is 2.00 bits per heavy atom. The van der Waals surface area contributed by atoms with Crippen LogP contribution in [0.25, 0.3) is 6.08 Å². The Bertz CT molecular complexity index is 838. The van der Waals surface area contributed by atoms with Gasteiger partial charge in [-0.05, 0) is 43.2 Å². The van der Waals surface area contributed by atoms with Crippen molar-refractivity contribution in [3.05, 3.63) is 64.7 Å². The maximum atomic E-state index is 9.08. The molecule has 0 saturated carbocycles. The van der Waals surface area contributed by atoms with Crippen LogP contribution in [0.2, 0.25) is 0 Å². The summed E-state index contributed by atoms with van der Waals surface area (Å²) < 4.78 is 11.6. The van der Waals surface area contributed by atoms with Gasteiger partial charge < -0.3 is 15.2 Å². The summed E-state index contributed by atoms with van der Waals surface area (Å²) in [5.74, 6) is 1.26.